The summed E-state index contributed by atoms with van der Waals surface area (Å²) < 4.78 is 27.0. The monoisotopic (exact) mass is 285 g/mol. The van der Waals surface area contributed by atoms with Gasteiger partial charge in [0.2, 0.25) is 10.0 Å². The molecular weight excluding hydrogens is 266 g/mol. The third-order valence-corrected chi connectivity index (χ3v) is 5.12. The Balaban J connectivity index is 2.03. The van der Waals surface area contributed by atoms with Crippen LogP contribution in [0.4, 0.5) is 0 Å². The van der Waals surface area contributed by atoms with Crippen molar-refractivity contribution in [3.05, 3.63) is 27.7 Å². The fraction of sp³-hybridized carbons (Fsp3) is 0.667. The number of sulfonamides is 1. The van der Waals surface area contributed by atoms with E-state index in [9.17, 15) is 13.2 Å². The first kappa shape index (κ1) is 14.2. The van der Waals surface area contributed by atoms with Gasteiger partial charge in [-0.3, -0.25) is 4.79 Å². The van der Waals surface area contributed by atoms with Gasteiger partial charge in [0.1, 0.15) is 0 Å². The van der Waals surface area contributed by atoms with Crippen molar-refractivity contribution in [3.63, 3.8) is 0 Å². The second kappa shape index (κ2) is 5.42. The molecule has 0 aromatic carbocycles. The van der Waals surface area contributed by atoms with E-state index in [0.717, 1.165) is 30.5 Å². The molecule has 1 aliphatic rings. The summed E-state index contributed by atoms with van der Waals surface area (Å²) >= 11 is 0. The second-order valence-corrected chi connectivity index (χ2v) is 7.34. The quantitative estimate of drug-likeness (QED) is 0.829. The van der Waals surface area contributed by atoms with Crippen LogP contribution in [0.3, 0.4) is 0 Å². The number of rotatable bonds is 5. The molecule has 0 spiro atoms. The molecule has 0 atom stereocenters. The zero-order valence-electron chi connectivity index (χ0n) is 11.2. The van der Waals surface area contributed by atoms with Crippen molar-refractivity contribution in [1.82, 2.24) is 14.5 Å². The minimum absolute atomic E-state index is 0.163. The van der Waals surface area contributed by atoms with Crippen molar-refractivity contribution in [3.8, 4) is 0 Å². The third-order valence-electron chi connectivity index (χ3n) is 3.27. The number of aryl methyl sites for hydroxylation is 2. The molecule has 0 unspecified atom stereocenters. The molecule has 1 aromatic rings. The van der Waals surface area contributed by atoms with Gasteiger partial charge in [-0.05, 0) is 38.7 Å². The highest BCUT2D eigenvalue weighted by Crippen LogP contribution is 2.16. The van der Waals surface area contributed by atoms with Crippen LogP contribution in [0.1, 0.15) is 31.5 Å². The van der Waals surface area contributed by atoms with E-state index >= 15 is 0 Å². The van der Waals surface area contributed by atoms with E-state index in [4.69, 9.17) is 0 Å². The maximum absolute atomic E-state index is 11.8. The fourth-order valence-corrected chi connectivity index (χ4v) is 2.77. The van der Waals surface area contributed by atoms with Gasteiger partial charge in [0.25, 0.3) is 5.56 Å². The van der Waals surface area contributed by atoms with E-state index in [1.54, 1.807) is 19.9 Å². The van der Waals surface area contributed by atoms with Crippen LogP contribution < -0.4 is 10.3 Å². The van der Waals surface area contributed by atoms with Gasteiger partial charge in [-0.1, -0.05) is 0 Å². The molecule has 19 heavy (non-hydrogen) atoms. The van der Waals surface area contributed by atoms with E-state index in [2.05, 4.69) is 9.82 Å². The predicted molar refractivity (Wildman–Crippen MR) is 72.6 cm³/mol. The van der Waals surface area contributed by atoms with Gasteiger partial charge >= 0.3 is 0 Å². The Kier molecular flexibility index (Phi) is 4.05. The lowest BCUT2D eigenvalue weighted by Crippen LogP contribution is -2.35. The number of nitrogens with zero attached hydrogens (tertiary/aromatic N) is 2. The van der Waals surface area contributed by atoms with Crippen molar-refractivity contribution >= 4 is 10.0 Å². The topological polar surface area (TPSA) is 81.1 Å². The van der Waals surface area contributed by atoms with Gasteiger partial charge in [-0.25, -0.2) is 17.8 Å². The van der Waals surface area contributed by atoms with Gasteiger partial charge < -0.3 is 0 Å². The lowest BCUT2D eigenvalue weighted by molar-refractivity contribution is 0.537. The molecule has 0 fully saturated rings. The number of hydrogen-bond acceptors (Lipinski definition) is 4. The Hall–Kier alpha value is -1.21. The summed E-state index contributed by atoms with van der Waals surface area (Å²) in [5, 5.41) is 3.81. The normalized spacial score (nSPS) is 14.9. The summed E-state index contributed by atoms with van der Waals surface area (Å²) in [5.74, 6) is 0. The van der Waals surface area contributed by atoms with Crippen molar-refractivity contribution < 1.29 is 8.42 Å². The highest BCUT2D eigenvalue weighted by Gasteiger charge is 2.16. The van der Waals surface area contributed by atoms with Gasteiger partial charge in [0.15, 0.2) is 0 Å². The van der Waals surface area contributed by atoms with Crippen LogP contribution >= 0.6 is 0 Å². The number of aromatic nitrogens is 2. The highest BCUT2D eigenvalue weighted by molar-refractivity contribution is 7.90. The fourth-order valence-electron chi connectivity index (χ4n) is 2.06. The Bertz CT molecular complexity index is 620. The Labute approximate surface area is 112 Å². The van der Waals surface area contributed by atoms with Crippen molar-refractivity contribution in [2.45, 2.75) is 44.9 Å². The van der Waals surface area contributed by atoms with Crippen LogP contribution in [0.15, 0.2) is 10.9 Å². The number of hydrogen-bond donors (Lipinski definition) is 1. The van der Waals surface area contributed by atoms with Gasteiger partial charge in [-0.15, -0.1) is 0 Å². The largest absolute Gasteiger partial charge is 0.268 e. The molecule has 6 nitrogen and oxygen atoms in total. The lowest BCUT2D eigenvalue weighted by atomic mass is 10.2. The zero-order valence-corrected chi connectivity index (χ0v) is 12.0. The van der Waals surface area contributed by atoms with E-state index in [1.807, 2.05) is 0 Å². The van der Waals surface area contributed by atoms with Crippen molar-refractivity contribution in [1.29, 1.82) is 0 Å². The molecule has 0 radical (unpaired) electrons. The Morgan fingerprint density at radius 1 is 1.42 bits per heavy atom. The molecule has 1 aliphatic carbocycles. The molecule has 7 heteroatoms. The van der Waals surface area contributed by atoms with E-state index < -0.39 is 15.3 Å². The highest BCUT2D eigenvalue weighted by atomic mass is 32.2. The predicted octanol–water partition coefficient (Wildman–Crippen LogP) is 0.0598. The van der Waals surface area contributed by atoms with Crippen LogP contribution in [0.5, 0.6) is 0 Å². The van der Waals surface area contributed by atoms with Crippen molar-refractivity contribution in [2.75, 3.05) is 6.54 Å². The maximum Gasteiger partial charge on any atom is 0.267 e. The minimum atomic E-state index is -3.29. The molecule has 1 heterocycles. The summed E-state index contributed by atoms with van der Waals surface area (Å²) in [4.78, 5) is 11.8. The molecule has 2 rings (SSSR count). The SMILES string of the molecule is CC(C)S(=O)(=O)NCCn1nc2c(cc1=O)CCC2. The van der Waals surface area contributed by atoms with Crippen LogP contribution in [-0.4, -0.2) is 30.0 Å². The molecule has 1 aromatic heterocycles. The first-order valence-corrected chi connectivity index (χ1v) is 8.03. The Morgan fingerprint density at radius 2 is 2.16 bits per heavy atom. The van der Waals surface area contributed by atoms with Gasteiger partial charge in [0, 0.05) is 12.6 Å². The first-order chi connectivity index (χ1) is 8.90. The molecule has 1 N–H and O–H groups in total. The summed E-state index contributed by atoms with van der Waals surface area (Å²) in [5.41, 5.74) is 1.83. The summed E-state index contributed by atoms with van der Waals surface area (Å²) in [6.07, 6.45) is 2.84. The average Bonchev–Trinajstić information content (AvgIpc) is 2.75. The summed E-state index contributed by atoms with van der Waals surface area (Å²) in [6, 6.07) is 1.62. The van der Waals surface area contributed by atoms with Crippen LogP contribution in [-0.2, 0) is 29.4 Å². The third kappa shape index (κ3) is 3.22. The van der Waals surface area contributed by atoms with E-state index in [1.165, 1.54) is 4.68 Å². The van der Waals surface area contributed by atoms with Crippen LogP contribution in [0, 0.1) is 0 Å². The van der Waals surface area contributed by atoms with E-state index in [-0.39, 0.29) is 18.6 Å². The standard InChI is InChI=1S/C12H19N3O3S/c1-9(2)19(17,18)13-6-7-15-12(16)8-10-4-3-5-11(10)14-15/h8-9,13H,3-7H2,1-2H3. The number of fused-ring (bicyclic) bond motifs is 1. The second-order valence-electron chi connectivity index (χ2n) is 5.02. The molecular formula is C12H19N3O3S. The molecule has 0 aliphatic heterocycles. The lowest BCUT2D eigenvalue weighted by Gasteiger charge is -2.10. The smallest absolute Gasteiger partial charge is 0.267 e. The molecule has 0 saturated heterocycles. The zero-order chi connectivity index (χ0) is 14.0. The first-order valence-electron chi connectivity index (χ1n) is 6.48. The summed E-state index contributed by atoms with van der Waals surface area (Å²) in [7, 11) is -3.29. The molecule has 0 saturated carbocycles. The molecule has 0 bridgehead atoms. The van der Waals surface area contributed by atoms with Crippen LogP contribution in [0.25, 0.3) is 0 Å². The van der Waals surface area contributed by atoms with Crippen molar-refractivity contribution in [2.24, 2.45) is 0 Å². The number of nitrogens with one attached hydrogen (secondary N) is 1. The minimum Gasteiger partial charge on any atom is -0.268 e. The van der Waals surface area contributed by atoms with Gasteiger partial charge in [0.05, 0.1) is 17.5 Å². The average molecular weight is 285 g/mol. The Morgan fingerprint density at radius 3 is 2.84 bits per heavy atom. The van der Waals surface area contributed by atoms with E-state index in [0.29, 0.717) is 0 Å². The van der Waals surface area contributed by atoms with Crippen LogP contribution in [0.2, 0.25) is 0 Å². The summed E-state index contributed by atoms with van der Waals surface area (Å²) in [6.45, 7) is 3.68. The van der Waals surface area contributed by atoms with Gasteiger partial charge in [-0.2, -0.15) is 5.10 Å². The molecule has 106 valence electrons. The maximum atomic E-state index is 11.8. The molecule has 0 amide bonds.